The fourth-order valence-electron chi connectivity index (χ4n) is 5.62. The number of halogens is 2. The predicted molar refractivity (Wildman–Crippen MR) is 189 cm³/mol. The van der Waals surface area contributed by atoms with Crippen LogP contribution in [0.15, 0.2) is 64.5 Å². The van der Waals surface area contributed by atoms with Crippen molar-refractivity contribution in [1.29, 1.82) is 0 Å². The van der Waals surface area contributed by atoms with Gasteiger partial charge in [-0.1, -0.05) is 71.8 Å². The van der Waals surface area contributed by atoms with Crippen LogP contribution in [0.1, 0.15) is 61.9 Å². The standard InChI is InChI=1S/C35H33Cl2N3O6S2/c1-4-6-13-45-27-12-8-20(16-28(27)44-5-2)30-29(31(41)21-9-11-26-23(15-21)14-19(3)46-26)32(42)33(43)40(30)34-38-39-35(48-34)47-18-22-7-10-24(36)17-25(22)37/h7-12,15-17,19,30,41H,4-6,13-14,18H2,1-3H3. The Bertz CT molecular complexity index is 1900. The number of hydrogen-bond acceptors (Lipinski definition) is 10. The van der Waals surface area contributed by atoms with Crippen LogP contribution in [0.25, 0.3) is 5.76 Å². The van der Waals surface area contributed by atoms with Gasteiger partial charge in [0, 0.05) is 27.8 Å². The van der Waals surface area contributed by atoms with Gasteiger partial charge in [-0.25, -0.2) is 0 Å². The van der Waals surface area contributed by atoms with Crippen molar-refractivity contribution in [3.8, 4) is 17.2 Å². The molecule has 6 rings (SSSR count). The highest BCUT2D eigenvalue weighted by Gasteiger charge is 2.48. The number of anilines is 1. The summed E-state index contributed by atoms with van der Waals surface area (Å²) in [4.78, 5) is 29.0. The Labute approximate surface area is 296 Å². The molecule has 1 aromatic heterocycles. The van der Waals surface area contributed by atoms with Crippen molar-refractivity contribution in [2.45, 2.75) is 62.3 Å². The highest BCUT2D eigenvalue weighted by atomic mass is 35.5. The summed E-state index contributed by atoms with van der Waals surface area (Å²) in [7, 11) is 0. The highest BCUT2D eigenvalue weighted by molar-refractivity contribution is 8.00. The minimum Gasteiger partial charge on any atom is -0.507 e. The first kappa shape index (κ1) is 34.1. The molecule has 48 heavy (non-hydrogen) atoms. The zero-order valence-electron chi connectivity index (χ0n) is 26.5. The molecule has 2 unspecified atom stereocenters. The van der Waals surface area contributed by atoms with Gasteiger partial charge in [-0.05, 0) is 79.4 Å². The number of ether oxygens (including phenoxy) is 3. The van der Waals surface area contributed by atoms with Crippen LogP contribution in [0.3, 0.4) is 0 Å². The molecular formula is C35H33Cl2N3O6S2. The van der Waals surface area contributed by atoms with E-state index in [2.05, 4.69) is 17.1 Å². The molecule has 0 radical (unpaired) electrons. The summed E-state index contributed by atoms with van der Waals surface area (Å²) in [5, 5.41) is 21.7. The van der Waals surface area contributed by atoms with E-state index in [4.69, 9.17) is 37.4 Å². The second-order valence-electron chi connectivity index (χ2n) is 11.3. The number of benzene rings is 3. The van der Waals surface area contributed by atoms with Crippen LogP contribution >= 0.6 is 46.3 Å². The van der Waals surface area contributed by atoms with Gasteiger partial charge in [-0.3, -0.25) is 14.5 Å². The van der Waals surface area contributed by atoms with Gasteiger partial charge in [0.1, 0.15) is 17.6 Å². The van der Waals surface area contributed by atoms with Crippen molar-refractivity contribution < 1.29 is 28.9 Å². The van der Waals surface area contributed by atoms with E-state index in [0.717, 1.165) is 29.7 Å². The minimum absolute atomic E-state index is 0.00166. The lowest BCUT2D eigenvalue weighted by molar-refractivity contribution is -0.132. The number of hydrogen-bond donors (Lipinski definition) is 1. The van der Waals surface area contributed by atoms with Crippen LogP contribution in [-0.4, -0.2) is 46.3 Å². The first-order chi connectivity index (χ1) is 23.2. The van der Waals surface area contributed by atoms with Gasteiger partial charge >= 0.3 is 5.91 Å². The molecule has 1 N–H and O–H groups in total. The summed E-state index contributed by atoms with van der Waals surface area (Å²) in [6.45, 7) is 6.80. The number of ketones is 1. The molecule has 3 aromatic carbocycles. The third-order valence-electron chi connectivity index (χ3n) is 7.92. The number of carbonyl (C=O) groups excluding carboxylic acids is 2. The average Bonchev–Trinajstić information content (AvgIpc) is 3.76. The van der Waals surface area contributed by atoms with Gasteiger partial charge in [0.25, 0.3) is 5.78 Å². The van der Waals surface area contributed by atoms with Crippen molar-refractivity contribution in [2.24, 2.45) is 0 Å². The molecule has 0 aliphatic carbocycles. The molecule has 1 amide bonds. The quantitative estimate of drug-likeness (QED) is 0.0383. The molecule has 0 spiro atoms. The molecule has 4 aromatic rings. The number of nitrogens with zero attached hydrogens (tertiary/aromatic N) is 3. The Kier molecular flexibility index (Phi) is 10.5. The Morgan fingerprint density at radius 3 is 2.67 bits per heavy atom. The van der Waals surface area contributed by atoms with Crippen LogP contribution in [0.5, 0.6) is 17.2 Å². The molecule has 9 nitrogen and oxygen atoms in total. The van der Waals surface area contributed by atoms with Crippen molar-refractivity contribution in [3.63, 3.8) is 0 Å². The van der Waals surface area contributed by atoms with E-state index in [9.17, 15) is 14.7 Å². The Balaban J connectivity index is 1.41. The molecule has 1 saturated heterocycles. The SMILES string of the molecule is CCCCOc1ccc(C2C(=C(O)c3ccc4c(c3)CC(C)O4)C(=O)C(=O)N2c2nnc(SCc3ccc(Cl)cc3Cl)s2)cc1OCC. The monoisotopic (exact) mass is 725 g/mol. The first-order valence-corrected chi connectivity index (χ1v) is 18.1. The van der Waals surface area contributed by atoms with E-state index in [1.807, 2.05) is 19.9 Å². The van der Waals surface area contributed by atoms with Crippen LogP contribution in [0.2, 0.25) is 10.0 Å². The number of thioether (sulfide) groups is 1. The van der Waals surface area contributed by atoms with Crippen LogP contribution in [0.4, 0.5) is 5.13 Å². The third-order valence-corrected chi connectivity index (χ3v) is 10.6. The number of aliphatic hydroxyl groups excluding tert-OH is 1. The Hall–Kier alpha value is -3.77. The van der Waals surface area contributed by atoms with E-state index < -0.39 is 17.7 Å². The predicted octanol–water partition coefficient (Wildman–Crippen LogP) is 8.66. The summed E-state index contributed by atoms with van der Waals surface area (Å²) in [5.74, 6) is 0.291. The number of Topliss-reactive ketones (excluding diaryl/α,β-unsaturated/α-hetero) is 1. The van der Waals surface area contributed by atoms with Crippen molar-refractivity contribution >= 4 is 68.9 Å². The summed E-state index contributed by atoms with van der Waals surface area (Å²) in [5.41, 5.74) is 2.66. The van der Waals surface area contributed by atoms with Gasteiger partial charge in [0.05, 0.1) is 24.8 Å². The number of unbranched alkanes of at least 4 members (excludes halogenated alkanes) is 1. The zero-order chi connectivity index (χ0) is 33.9. The summed E-state index contributed by atoms with van der Waals surface area (Å²) in [6, 6.07) is 14.8. The lowest BCUT2D eigenvalue weighted by Crippen LogP contribution is -2.29. The second-order valence-corrected chi connectivity index (χ2v) is 14.4. The van der Waals surface area contributed by atoms with Crippen LogP contribution in [0, 0.1) is 0 Å². The zero-order valence-corrected chi connectivity index (χ0v) is 29.6. The first-order valence-electron chi connectivity index (χ1n) is 15.6. The molecule has 250 valence electrons. The smallest absolute Gasteiger partial charge is 0.301 e. The molecule has 13 heteroatoms. The van der Waals surface area contributed by atoms with Gasteiger partial charge in [-0.15, -0.1) is 10.2 Å². The fourth-order valence-corrected chi connectivity index (χ4v) is 8.04. The van der Waals surface area contributed by atoms with E-state index in [1.165, 1.54) is 28.0 Å². The lowest BCUT2D eigenvalue weighted by Gasteiger charge is -2.23. The van der Waals surface area contributed by atoms with E-state index in [1.54, 1.807) is 48.5 Å². The number of aliphatic hydroxyl groups is 1. The third kappa shape index (κ3) is 7.01. The Morgan fingerprint density at radius 1 is 1.06 bits per heavy atom. The molecule has 1 fully saturated rings. The highest BCUT2D eigenvalue weighted by Crippen LogP contribution is 2.46. The van der Waals surface area contributed by atoms with Gasteiger partial charge < -0.3 is 19.3 Å². The van der Waals surface area contributed by atoms with Crippen LogP contribution in [-0.2, 0) is 21.8 Å². The molecule has 2 atom stereocenters. The van der Waals surface area contributed by atoms with Gasteiger partial charge in [0.2, 0.25) is 5.13 Å². The number of amides is 1. The number of carbonyl (C=O) groups is 2. The van der Waals surface area contributed by atoms with E-state index in [-0.39, 0.29) is 22.6 Å². The molecular weight excluding hydrogens is 693 g/mol. The minimum atomic E-state index is -1.02. The maximum absolute atomic E-state index is 13.8. The average molecular weight is 727 g/mol. The van der Waals surface area contributed by atoms with Crippen molar-refractivity contribution in [3.05, 3.63) is 92.5 Å². The molecule has 0 saturated carbocycles. The number of fused-ring (bicyclic) bond motifs is 1. The summed E-state index contributed by atoms with van der Waals surface area (Å²) >= 11 is 15.0. The molecule has 0 bridgehead atoms. The maximum atomic E-state index is 13.8. The van der Waals surface area contributed by atoms with Crippen molar-refractivity contribution in [2.75, 3.05) is 18.1 Å². The number of rotatable bonds is 12. The molecule has 3 heterocycles. The largest absolute Gasteiger partial charge is 0.507 e. The molecule has 2 aliphatic heterocycles. The van der Waals surface area contributed by atoms with Crippen LogP contribution < -0.4 is 19.1 Å². The molecule has 2 aliphatic rings. The van der Waals surface area contributed by atoms with Crippen molar-refractivity contribution in [1.82, 2.24) is 10.2 Å². The normalized spacial score (nSPS) is 18.2. The Morgan fingerprint density at radius 2 is 1.90 bits per heavy atom. The second kappa shape index (κ2) is 14.8. The fraction of sp³-hybridized carbons (Fsp3) is 0.314. The topological polar surface area (TPSA) is 111 Å². The summed E-state index contributed by atoms with van der Waals surface area (Å²) < 4.78 is 18.3. The lowest BCUT2D eigenvalue weighted by atomic mass is 9.94. The van der Waals surface area contributed by atoms with E-state index >= 15 is 0 Å². The summed E-state index contributed by atoms with van der Waals surface area (Å²) in [6.07, 6.45) is 2.51. The van der Waals surface area contributed by atoms with Gasteiger partial charge in [-0.2, -0.15) is 0 Å². The number of aromatic nitrogens is 2. The van der Waals surface area contributed by atoms with Gasteiger partial charge in [0.15, 0.2) is 15.8 Å². The van der Waals surface area contributed by atoms with E-state index in [0.29, 0.717) is 62.4 Å². The maximum Gasteiger partial charge on any atom is 0.301 e.